The first-order chi connectivity index (χ1) is 10.1. The van der Waals surface area contributed by atoms with E-state index in [2.05, 4.69) is 20.0 Å². The number of hydrogen-bond acceptors (Lipinski definition) is 5. The average Bonchev–Trinajstić information content (AvgIpc) is 2.49. The molecule has 0 saturated heterocycles. The minimum Gasteiger partial charge on any atom is -0.313 e. The van der Waals surface area contributed by atoms with E-state index in [4.69, 9.17) is 0 Å². The Balaban J connectivity index is 2.30. The quantitative estimate of drug-likeness (QED) is 0.852. The van der Waals surface area contributed by atoms with E-state index >= 15 is 0 Å². The van der Waals surface area contributed by atoms with Crippen LogP contribution in [0.25, 0.3) is 0 Å². The van der Waals surface area contributed by atoms with Gasteiger partial charge >= 0.3 is 0 Å². The van der Waals surface area contributed by atoms with E-state index < -0.39 is 10.0 Å². The number of aromatic nitrogens is 2. The van der Waals surface area contributed by atoms with E-state index in [0.29, 0.717) is 0 Å². The molecule has 2 aromatic rings. The molecule has 0 aliphatic carbocycles. The first-order valence-electron chi connectivity index (χ1n) is 6.63. The molecule has 0 fully saturated rings. The molecule has 2 N–H and O–H groups in total. The van der Waals surface area contributed by atoms with Crippen molar-refractivity contribution in [2.45, 2.75) is 24.3 Å². The maximum Gasteiger partial charge on any atom is 0.263 e. The van der Waals surface area contributed by atoms with Gasteiger partial charge in [-0.25, -0.2) is 13.4 Å². The standard InChI is InChI=1S/C14H18N4O2S/c1-3-13(15-2)11-5-4-6-12(9-11)21(19,20)18-14-10-16-7-8-17-14/h4-10,13,15H,3H2,1-2H3,(H,17,18). The highest BCUT2D eigenvalue weighted by atomic mass is 32.2. The summed E-state index contributed by atoms with van der Waals surface area (Å²) in [5.41, 5.74) is 0.932. The van der Waals surface area contributed by atoms with Crippen LogP contribution in [0.5, 0.6) is 0 Å². The van der Waals surface area contributed by atoms with Crippen molar-refractivity contribution in [3.05, 3.63) is 48.4 Å². The lowest BCUT2D eigenvalue weighted by atomic mass is 10.1. The number of nitrogens with zero attached hydrogens (tertiary/aromatic N) is 2. The molecule has 7 heteroatoms. The zero-order chi connectivity index (χ0) is 15.3. The molecule has 0 aliphatic heterocycles. The van der Waals surface area contributed by atoms with Gasteiger partial charge in [0, 0.05) is 18.4 Å². The topological polar surface area (TPSA) is 84.0 Å². The molecule has 1 atom stereocenters. The largest absolute Gasteiger partial charge is 0.313 e. The Hall–Kier alpha value is -1.99. The van der Waals surface area contributed by atoms with Gasteiger partial charge in [-0.1, -0.05) is 19.1 Å². The molecule has 0 radical (unpaired) electrons. The molecule has 1 aromatic heterocycles. The molecule has 0 bridgehead atoms. The van der Waals surface area contributed by atoms with Crippen LogP contribution in [0.4, 0.5) is 5.82 Å². The second-order valence-electron chi connectivity index (χ2n) is 4.52. The van der Waals surface area contributed by atoms with Crippen molar-refractivity contribution in [3.8, 4) is 0 Å². The summed E-state index contributed by atoms with van der Waals surface area (Å²) >= 11 is 0. The summed E-state index contributed by atoms with van der Waals surface area (Å²) in [4.78, 5) is 7.96. The predicted octanol–water partition coefficient (Wildman–Crippen LogP) is 1.95. The van der Waals surface area contributed by atoms with Crippen LogP contribution in [0.2, 0.25) is 0 Å². The smallest absolute Gasteiger partial charge is 0.263 e. The van der Waals surface area contributed by atoms with E-state index in [1.807, 2.05) is 20.0 Å². The first kappa shape index (κ1) is 15.4. The fourth-order valence-electron chi connectivity index (χ4n) is 2.05. The Morgan fingerprint density at radius 2 is 2.10 bits per heavy atom. The van der Waals surface area contributed by atoms with E-state index in [1.54, 1.807) is 18.2 Å². The highest BCUT2D eigenvalue weighted by Gasteiger charge is 2.17. The van der Waals surface area contributed by atoms with Crippen LogP contribution in [0.1, 0.15) is 24.9 Å². The Bertz CT molecular complexity index is 685. The third kappa shape index (κ3) is 3.77. The van der Waals surface area contributed by atoms with Gasteiger partial charge < -0.3 is 5.32 Å². The molecule has 0 spiro atoms. The van der Waals surface area contributed by atoms with E-state index in [1.165, 1.54) is 18.6 Å². The zero-order valence-electron chi connectivity index (χ0n) is 11.9. The van der Waals surface area contributed by atoms with Crippen molar-refractivity contribution in [2.24, 2.45) is 0 Å². The molecule has 1 heterocycles. The van der Waals surface area contributed by atoms with Gasteiger partial charge in [0.2, 0.25) is 0 Å². The summed E-state index contributed by atoms with van der Waals surface area (Å²) in [7, 11) is -1.81. The van der Waals surface area contributed by atoms with Gasteiger partial charge in [-0.3, -0.25) is 9.71 Å². The minimum absolute atomic E-state index is 0.122. The van der Waals surface area contributed by atoms with Gasteiger partial charge in [0.15, 0.2) is 5.82 Å². The first-order valence-corrected chi connectivity index (χ1v) is 8.11. The molecule has 21 heavy (non-hydrogen) atoms. The van der Waals surface area contributed by atoms with Crippen LogP contribution < -0.4 is 10.0 Å². The molecule has 112 valence electrons. The predicted molar refractivity (Wildman–Crippen MR) is 81.4 cm³/mol. The van der Waals surface area contributed by atoms with Crippen LogP contribution in [0.3, 0.4) is 0 Å². The van der Waals surface area contributed by atoms with E-state index in [9.17, 15) is 8.42 Å². The lowest BCUT2D eigenvalue weighted by molar-refractivity contribution is 0.574. The van der Waals surface area contributed by atoms with Crippen LogP contribution in [-0.2, 0) is 10.0 Å². The minimum atomic E-state index is -3.67. The molecule has 1 aromatic carbocycles. The molecule has 1 unspecified atom stereocenters. The van der Waals surface area contributed by atoms with Crippen molar-refractivity contribution in [2.75, 3.05) is 11.8 Å². The normalized spacial score (nSPS) is 12.9. The number of rotatable bonds is 6. The van der Waals surface area contributed by atoms with Crippen LogP contribution in [0.15, 0.2) is 47.8 Å². The van der Waals surface area contributed by atoms with E-state index in [0.717, 1.165) is 12.0 Å². The summed E-state index contributed by atoms with van der Waals surface area (Å²) in [5, 5.41) is 3.16. The maximum atomic E-state index is 12.4. The number of benzene rings is 1. The Kier molecular flexibility index (Phi) is 4.87. The van der Waals surface area contributed by atoms with Crippen LogP contribution in [-0.4, -0.2) is 25.4 Å². The molecular weight excluding hydrogens is 288 g/mol. The summed E-state index contributed by atoms with van der Waals surface area (Å²) in [6.45, 7) is 2.04. The Labute approximate surface area is 124 Å². The summed E-state index contributed by atoms with van der Waals surface area (Å²) in [6.07, 6.45) is 5.15. The summed E-state index contributed by atoms with van der Waals surface area (Å²) < 4.78 is 27.1. The molecular formula is C14H18N4O2S. The van der Waals surface area contributed by atoms with Gasteiger partial charge in [-0.15, -0.1) is 0 Å². The second kappa shape index (κ2) is 6.64. The average molecular weight is 306 g/mol. The fraction of sp³-hybridized carbons (Fsp3) is 0.286. The molecule has 0 aliphatic rings. The van der Waals surface area contributed by atoms with Gasteiger partial charge in [0.05, 0.1) is 11.1 Å². The molecule has 6 nitrogen and oxygen atoms in total. The van der Waals surface area contributed by atoms with Crippen molar-refractivity contribution in [1.29, 1.82) is 0 Å². The molecule has 0 amide bonds. The highest BCUT2D eigenvalue weighted by molar-refractivity contribution is 7.92. The number of anilines is 1. The van der Waals surface area contributed by atoms with Crippen LogP contribution >= 0.6 is 0 Å². The van der Waals surface area contributed by atoms with E-state index in [-0.39, 0.29) is 16.8 Å². The maximum absolute atomic E-state index is 12.4. The Morgan fingerprint density at radius 1 is 1.29 bits per heavy atom. The second-order valence-corrected chi connectivity index (χ2v) is 6.20. The zero-order valence-corrected chi connectivity index (χ0v) is 12.8. The van der Waals surface area contributed by atoms with Gasteiger partial charge in [-0.2, -0.15) is 0 Å². The highest BCUT2D eigenvalue weighted by Crippen LogP contribution is 2.21. The van der Waals surface area contributed by atoms with Crippen molar-refractivity contribution in [1.82, 2.24) is 15.3 Å². The third-order valence-electron chi connectivity index (χ3n) is 3.13. The third-order valence-corrected chi connectivity index (χ3v) is 4.48. The van der Waals surface area contributed by atoms with Crippen LogP contribution in [0, 0.1) is 0 Å². The number of nitrogens with one attached hydrogen (secondary N) is 2. The van der Waals surface area contributed by atoms with Crippen molar-refractivity contribution < 1.29 is 8.42 Å². The van der Waals surface area contributed by atoms with Gasteiger partial charge in [-0.05, 0) is 31.2 Å². The van der Waals surface area contributed by atoms with Gasteiger partial charge in [0.1, 0.15) is 0 Å². The van der Waals surface area contributed by atoms with Crippen molar-refractivity contribution in [3.63, 3.8) is 0 Å². The van der Waals surface area contributed by atoms with Gasteiger partial charge in [0.25, 0.3) is 10.0 Å². The summed E-state index contributed by atoms with van der Waals surface area (Å²) in [5.74, 6) is 0.198. The molecule has 2 rings (SSSR count). The fourth-order valence-corrected chi connectivity index (χ4v) is 3.10. The SMILES string of the molecule is CCC(NC)c1cccc(S(=O)(=O)Nc2cnccn2)c1. The lowest BCUT2D eigenvalue weighted by Crippen LogP contribution is -2.17. The number of hydrogen-bond donors (Lipinski definition) is 2. The lowest BCUT2D eigenvalue weighted by Gasteiger charge is -2.15. The Morgan fingerprint density at radius 3 is 2.71 bits per heavy atom. The molecule has 0 saturated carbocycles. The van der Waals surface area contributed by atoms with Crippen molar-refractivity contribution >= 4 is 15.8 Å². The number of sulfonamides is 1. The monoisotopic (exact) mass is 306 g/mol. The summed E-state index contributed by atoms with van der Waals surface area (Å²) in [6, 6.07) is 7.00.